The Morgan fingerprint density at radius 3 is 2.69 bits per heavy atom. The van der Waals surface area contributed by atoms with Crippen LogP contribution in [0, 0.1) is 0 Å². The highest BCUT2D eigenvalue weighted by Gasteiger charge is 2.14. The molecule has 0 saturated heterocycles. The van der Waals surface area contributed by atoms with E-state index in [9.17, 15) is 9.59 Å². The molecule has 2 N–H and O–H groups in total. The van der Waals surface area contributed by atoms with Crippen LogP contribution in [0.25, 0.3) is 0 Å². The molecule has 7 heteroatoms. The topological polar surface area (TPSA) is 76.7 Å². The van der Waals surface area contributed by atoms with Crippen LogP contribution in [-0.4, -0.2) is 32.1 Å². The molecule has 0 fully saturated rings. The van der Waals surface area contributed by atoms with E-state index >= 15 is 0 Å². The number of hydrogen-bond donors (Lipinski definition) is 2. The lowest BCUT2D eigenvalue weighted by atomic mass is 10.1. The van der Waals surface area contributed by atoms with Crippen molar-refractivity contribution < 1.29 is 19.1 Å². The van der Waals surface area contributed by atoms with Crippen LogP contribution in [0.15, 0.2) is 35.7 Å². The summed E-state index contributed by atoms with van der Waals surface area (Å²) in [7, 11) is 1.61. The SMILES string of the molecule is CCCCCOc1ccc(C(C)NC(=O)CCNC(=O)c2cccs2)cc1OC. The van der Waals surface area contributed by atoms with Crippen molar-refractivity contribution in [3.63, 3.8) is 0 Å². The second-order valence-corrected chi connectivity index (χ2v) is 7.69. The zero-order valence-corrected chi connectivity index (χ0v) is 18.1. The molecular formula is C22H30N2O4S. The maximum absolute atomic E-state index is 12.2. The predicted octanol–water partition coefficient (Wildman–Crippen LogP) is 4.32. The summed E-state index contributed by atoms with van der Waals surface area (Å²) in [5.41, 5.74) is 0.929. The molecule has 6 nitrogen and oxygen atoms in total. The van der Waals surface area contributed by atoms with E-state index < -0.39 is 0 Å². The van der Waals surface area contributed by atoms with E-state index in [1.54, 1.807) is 13.2 Å². The highest BCUT2D eigenvalue weighted by molar-refractivity contribution is 7.12. The van der Waals surface area contributed by atoms with Crippen molar-refractivity contribution in [1.29, 1.82) is 0 Å². The fraction of sp³-hybridized carbons (Fsp3) is 0.455. The molecular weight excluding hydrogens is 388 g/mol. The Kier molecular flexibility index (Phi) is 9.50. The van der Waals surface area contributed by atoms with Crippen molar-refractivity contribution in [2.75, 3.05) is 20.3 Å². The van der Waals surface area contributed by atoms with Gasteiger partial charge in [0, 0.05) is 13.0 Å². The Bertz CT molecular complexity index is 777. The monoisotopic (exact) mass is 418 g/mol. The molecule has 2 amide bonds. The molecule has 0 aliphatic heterocycles. The Labute approximate surface area is 176 Å². The van der Waals surface area contributed by atoms with Gasteiger partial charge < -0.3 is 20.1 Å². The zero-order valence-electron chi connectivity index (χ0n) is 17.3. The van der Waals surface area contributed by atoms with E-state index in [1.165, 1.54) is 11.3 Å². The van der Waals surface area contributed by atoms with E-state index in [4.69, 9.17) is 9.47 Å². The van der Waals surface area contributed by atoms with Crippen LogP contribution in [0.4, 0.5) is 0 Å². The molecule has 2 aromatic rings. The van der Waals surface area contributed by atoms with Crippen LogP contribution in [0.3, 0.4) is 0 Å². The minimum Gasteiger partial charge on any atom is -0.493 e. The summed E-state index contributed by atoms with van der Waals surface area (Å²) in [6, 6.07) is 9.10. The summed E-state index contributed by atoms with van der Waals surface area (Å²) in [5.74, 6) is 1.09. The molecule has 0 radical (unpaired) electrons. The van der Waals surface area contributed by atoms with Crippen LogP contribution in [0.1, 0.15) is 60.8 Å². The lowest BCUT2D eigenvalue weighted by Gasteiger charge is -2.17. The molecule has 0 saturated carbocycles. The van der Waals surface area contributed by atoms with Gasteiger partial charge in [0.15, 0.2) is 11.5 Å². The molecule has 1 aromatic heterocycles. The number of amides is 2. The maximum Gasteiger partial charge on any atom is 0.261 e. The Hall–Kier alpha value is -2.54. The standard InChI is InChI=1S/C22H30N2O4S/c1-4-5-6-13-28-18-10-9-17(15-19(18)27-3)16(2)24-21(25)11-12-23-22(26)20-8-7-14-29-20/h7-10,14-16H,4-6,11-13H2,1-3H3,(H,23,26)(H,24,25). The molecule has 1 unspecified atom stereocenters. The number of thiophene rings is 1. The summed E-state index contributed by atoms with van der Waals surface area (Å²) in [6.07, 6.45) is 3.51. The second-order valence-electron chi connectivity index (χ2n) is 6.74. The molecule has 0 aliphatic rings. The average Bonchev–Trinajstić information content (AvgIpc) is 3.26. The van der Waals surface area contributed by atoms with Gasteiger partial charge in [0.05, 0.1) is 24.6 Å². The first-order chi connectivity index (χ1) is 14.0. The van der Waals surface area contributed by atoms with Gasteiger partial charge >= 0.3 is 0 Å². The van der Waals surface area contributed by atoms with Crippen LogP contribution >= 0.6 is 11.3 Å². The number of ether oxygens (including phenoxy) is 2. The Balaban J connectivity index is 1.81. The van der Waals surface area contributed by atoms with Gasteiger partial charge in [-0.25, -0.2) is 0 Å². The average molecular weight is 419 g/mol. The van der Waals surface area contributed by atoms with Gasteiger partial charge in [-0.1, -0.05) is 31.9 Å². The number of unbranched alkanes of at least 4 members (excludes halogenated alkanes) is 2. The maximum atomic E-state index is 12.2. The van der Waals surface area contributed by atoms with E-state index in [0.717, 1.165) is 24.8 Å². The third-order valence-electron chi connectivity index (χ3n) is 4.45. The third-order valence-corrected chi connectivity index (χ3v) is 5.32. The zero-order chi connectivity index (χ0) is 21.1. The number of benzene rings is 1. The summed E-state index contributed by atoms with van der Waals surface area (Å²) in [6.45, 7) is 5.03. The van der Waals surface area contributed by atoms with E-state index in [0.29, 0.717) is 29.5 Å². The predicted molar refractivity (Wildman–Crippen MR) is 116 cm³/mol. The van der Waals surface area contributed by atoms with Gasteiger partial charge in [0.1, 0.15) is 0 Å². The number of carbonyl (C=O) groups excluding carboxylic acids is 2. The van der Waals surface area contributed by atoms with Gasteiger partial charge in [-0.3, -0.25) is 9.59 Å². The first-order valence-electron chi connectivity index (χ1n) is 9.97. The summed E-state index contributed by atoms with van der Waals surface area (Å²) in [5, 5.41) is 7.55. The minimum absolute atomic E-state index is 0.122. The molecule has 1 atom stereocenters. The Morgan fingerprint density at radius 2 is 2.00 bits per heavy atom. The molecule has 1 aromatic carbocycles. The lowest BCUT2D eigenvalue weighted by molar-refractivity contribution is -0.121. The fourth-order valence-corrected chi connectivity index (χ4v) is 3.43. The van der Waals surface area contributed by atoms with E-state index in [-0.39, 0.29) is 24.3 Å². The van der Waals surface area contributed by atoms with Crippen molar-refractivity contribution in [3.05, 3.63) is 46.2 Å². The molecule has 1 heterocycles. The minimum atomic E-state index is -0.182. The first kappa shape index (κ1) is 22.7. The molecule has 29 heavy (non-hydrogen) atoms. The quantitative estimate of drug-likeness (QED) is 0.503. The fourth-order valence-electron chi connectivity index (χ4n) is 2.79. The second kappa shape index (κ2) is 12.1. The summed E-state index contributed by atoms with van der Waals surface area (Å²) >= 11 is 1.37. The number of hydrogen-bond acceptors (Lipinski definition) is 5. The number of rotatable bonds is 12. The summed E-state index contributed by atoms with van der Waals surface area (Å²) < 4.78 is 11.2. The number of methoxy groups -OCH3 is 1. The molecule has 0 bridgehead atoms. The normalized spacial score (nSPS) is 11.6. The smallest absolute Gasteiger partial charge is 0.261 e. The van der Waals surface area contributed by atoms with Crippen molar-refractivity contribution in [2.45, 2.75) is 45.6 Å². The van der Waals surface area contributed by atoms with Gasteiger partial charge in [0.2, 0.25) is 5.91 Å². The molecule has 158 valence electrons. The van der Waals surface area contributed by atoms with Crippen molar-refractivity contribution in [1.82, 2.24) is 10.6 Å². The Morgan fingerprint density at radius 1 is 1.17 bits per heavy atom. The van der Waals surface area contributed by atoms with Gasteiger partial charge in [-0.2, -0.15) is 0 Å². The van der Waals surface area contributed by atoms with Crippen LogP contribution in [0.5, 0.6) is 11.5 Å². The lowest BCUT2D eigenvalue weighted by Crippen LogP contribution is -2.31. The first-order valence-corrected chi connectivity index (χ1v) is 10.8. The van der Waals surface area contributed by atoms with Crippen LogP contribution in [0.2, 0.25) is 0 Å². The van der Waals surface area contributed by atoms with Crippen LogP contribution < -0.4 is 20.1 Å². The molecule has 2 rings (SSSR count). The number of nitrogens with one attached hydrogen (secondary N) is 2. The van der Waals surface area contributed by atoms with Crippen molar-refractivity contribution >= 4 is 23.2 Å². The van der Waals surface area contributed by atoms with Crippen molar-refractivity contribution in [3.8, 4) is 11.5 Å². The third kappa shape index (κ3) is 7.42. The van der Waals surface area contributed by atoms with E-state index in [2.05, 4.69) is 17.6 Å². The van der Waals surface area contributed by atoms with E-state index in [1.807, 2.05) is 36.6 Å². The largest absolute Gasteiger partial charge is 0.493 e. The molecule has 0 spiro atoms. The highest BCUT2D eigenvalue weighted by Crippen LogP contribution is 2.30. The van der Waals surface area contributed by atoms with Crippen molar-refractivity contribution in [2.24, 2.45) is 0 Å². The summed E-state index contributed by atoms with van der Waals surface area (Å²) in [4.78, 5) is 24.7. The van der Waals surface area contributed by atoms with Gasteiger partial charge in [0.25, 0.3) is 5.91 Å². The highest BCUT2D eigenvalue weighted by atomic mass is 32.1. The van der Waals surface area contributed by atoms with Gasteiger partial charge in [-0.15, -0.1) is 11.3 Å². The van der Waals surface area contributed by atoms with Crippen LogP contribution in [-0.2, 0) is 4.79 Å². The van der Waals surface area contributed by atoms with Gasteiger partial charge in [-0.05, 0) is 42.5 Å². The number of carbonyl (C=O) groups is 2. The molecule has 0 aliphatic carbocycles.